The minimum absolute atomic E-state index is 0.00982. The SMILES string of the molecule is O=C1CSC2(CCCCC2)N1c1ccc(-n2ccnn2)cc1. The van der Waals surface area contributed by atoms with Crippen molar-refractivity contribution in [1.29, 1.82) is 0 Å². The quantitative estimate of drug-likeness (QED) is 0.855. The van der Waals surface area contributed by atoms with E-state index in [4.69, 9.17) is 0 Å². The van der Waals surface area contributed by atoms with Gasteiger partial charge in [0, 0.05) is 5.69 Å². The van der Waals surface area contributed by atoms with Gasteiger partial charge in [0.25, 0.3) is 0 Å². The lowest BCUT2D eigenvalue weighted by molar-refractivity contribution is -0.116. The summed E-state index contributed by atoms with van der Waals surface area (Å²) in [5.74, 6) is 0.838. The standard InChI is InChI=1S/C16H18N4OS/c21-15-12-22-16(8-2-1-3-9-16)20(15)14-6-4-13(5-7-14)19-11-10-17-18-19/h4-7,10-11H,1-3,8-9,12H2. The number of rotatable bonds is 2. The lowest BCUT2D eigenvalue weighted by atomic mass is 9.93. The lowest BCUT2D eigenvalue weighted by Gasteiger charge is -2.40. The largest absolute Gasteiger partial charge is 0.297 e. The maximum atomic E-state index is 12.4. The number of hydrogen-bond donors (Lipinski definition) is 0. The van der Waals surface area contributed by atoms with Gasteiger partial charge in [-0.1, -0.05) is 24.5 Å². The van der Waals surface area contributed by atoms with Gasteiger partial charge in [0.2, 0.25) is 5.91 Å². The molecular weight excluding hydrogens is 296 g/mol. The Balaban J connectivity index is 1.66. The van der Waals surface area contributed by atoms with Gasteiger partial charge in [0.1, 0.15) is 0 Å². The third-order valence-electron chi connectivity index (χ3n) is 4.55. The first-order chi connectivity index (χ1) is 10.8. The van der Waals surface area contributed by atoms with Gasteiger partial charge < -0.3 is 0 Å². The Morgan fingerprint density at radius 2 is 1.77 bits per heavy atom. The Kier molecular flexibility index (Phi) is 3.41. The maximum Gasteiger partial charge on any atom is 0.238 e. The molecule has 2 aromatic rings. The van der Waals surface area contributed by atoms with Crippen molar-refractivity contribution in [3.8, 4) is 5.69 Å². The van der Waals surface area contributed by atoms with Crippen LogP contribution in [-0.4, -0.2) is 31.5 Å². The summed E-state index contributed by atoms with van der Waals surface area (Å²) in [4.78, 5) is 14.5. The smallest absolute Gasteiger partial charge is 0.238 e. The summed E-state index contributed by atoms with van der Waals surface area (Å²) >= 11 is 1.83. The Morgan fingerprint density at radius 1 is 1.05 bits per heavy atom. The van der Waals surface area contributed by atoms with Crippen LogP contribution in [0.2, 0.25) is 0 Å². The molecule has 1 aliphatic carbocycles. The average molecular weight is 314 g/mol. The minimum Gasteiger partial charge on any atom is -0.297 e. The molecule has 1 saturated carbocycles. The number of aromatic nitrogens is 3. The molecule has 1 aromatic heterocycles. The van der Waals surface area contributed by atoms with E-state index in [9.17, 15) is 4.79 Å². The van der Waals surface area contributed by atoms with Crippen LogP contribution >= 0.6 is 11.8 Å². The maximum absolute atomic E-state index is 12.4. The van der Waals surface area contributed by atoms with Crippen molar-refractivity contribution in [2.75, 3.05) is 10.7 Å². The molecule has 2 heterocycles. The zero-order chi connectivity index (χ0) is 15.0. The van der Waals surface area contributed by atoms with Gasteiger partial charge in [-0.2, -0.15) is 0 Å². The second-order valence-electron chi connectivity index (χ2n) is 5.89. The third-order valence-corrected chi connectivity index (χ3v) is 6.07. The van der Waals surface area contributed by atoms with Gasteiger partial charge in [-0.15, -0.1) is 16.9 Å². The Hall–Kier alpha value is -1.82. The molecule has 4 rings (SSSR count). The van der Waals surface area contributed by atoms with Crippen LogP contribution in [0.4, 0.5) is 5.69 Å². The topological polar surface area (TPSA) is 51.0 Å². The predicted molar refractivity (Wildman–Crippen MR) is 87.1 cm³/mol. The molecular formula is C16H18N4OS. The number of hydrogen-bond acceptors (Lipinski definition) is 4. The number of carbonyl (C=O) groups excluding carboxylic acids is 1. The normalized spacial score (nSPS) is 20.7. The van der Waals surface area contributed by atoms with Crippen molar-refractivity contribution in [3.05, 3.63) is 36.7 Å². The summed E-state index contributed by atoms with van der Waals surface area (Å²) in [7, 11) is 0. The van der Waals surface area contributed by atoms with E-state index in [0.717, 1.165) is 24.2 Å². The molecule has 0 radical (unpaired) electrons. The van der Waals surface area contributed by atoms with Crippen LogP contribution in [0.25, 0.3) is 5.69 Å². The molecule has 0 bridgehead atoms. The molecule has 0 atom stereocenters. The van der Waals surface area contributed by atoms with Crippen molar-refractivity contribution >= 4 is 23.4 Å². The van der Waals surface area contributed by atoms with Crippen molar-refractivity contribution in [1.82, 2.24) is 15.0 Å². The van der Waals surface area contributed by atoms with Crippen LogP contribution in [0.1, 0.15) is 32.1 Å². The van der Waals surface area contributed by atoms with E-state index in [1.165, 1.54) is 19.3 Å². The molecule has 114 valence electrons. The van der Waals surface area contributed by atoms with E-state index in [1.54, 1.807) is 10.9 Å². The highest BCUT2D eigenvalue weighted by Gasteiger charge is 2.47. The fourth-order valence-electron chi connectivity index (χ4n) is 3.50. The fraction of sp³-hybridized carbons (Fsp3) is 0.438. The van der Waals surface area contributed by atoms with Crippen LogP contribution in [0.3, 0.4) is 0 Å². The molecule has 22 heavy (non-hydrogen) atoms. The van der Waals surface area contributed by atoms with Gasteiger partial charge in [-0.3, -0.25) is 9.69 Å². The highest BCUT2D eigenvalue weighted by atomic mass is 32.2. The third kappa shape index (κ3) is 2.22. The predicted octanol–water partition coefficient (Wildman–Crippen LogP) is 3.01. The summed E-state index contributed by atoms with van der Waals surface area (Å²) < 4.78 is 1.72. The zero-order valence-corrected chi connectivity index (χ0v) is 13.1. The van der Waals surface area contributed by atoms with Gasteiger partial charge >= 0.3 is 0 Å². The number of nitrogens with zero attached hydrogens (tertiary/aromatic N) is 4. The van der Waals surface area contributed by atoms with Crippen molar-refractivity contribution in [3.63, 3.8) is 0 Å². The summed E-state index contributed by atoms with van der Waals surface area (Å²) in [6, 6.07) is 8.04. The van der Waals surface area contributed by atoms with Crippen molar-refractivity contribution < 1.29 is 4.79 Å². The van der Waals surface area contributed by atoms with Crippen LogP contribution in [0, 0.1) is 0 Å². The van der Waals surface area contributed by atoms with Crippen LogP contribution in [0.5, 0.6) is 0 Å². The van der Waals surface area contributed by atoms with Crippen LogP contribution in [-0.2, 0) is 4.79 Å². The summed E-state index contributed by atoms with van der Waals surface area (Å²) in [5, 5.41) is 7.82. The molecule has 1 amide bonds. The number of benzene rings is 1. The first-order valence-corrected chi connectivity index (χ1v) is 8.71. The number of thioether (sulfide) groups is 1. The summed E-state index contributed by atoms with van der Waals surface area (Å²) in [6.07, 6.45) is 9.40. The second-order valence-corrected chi connectivity index (χ2v) is 7.23. The molecule has 6 heteroatoms. The van der Waals surface area contributed by atoms with Crippen LogP contribution < -0.4 is 4.90 Å². The molecule has 0 N–H and O–H groups in total. The Labute approximate surface area is 133 Å². The first-order valence-electron chi connectivity index (χ1n) is 7.72. The average Bonchev–Trinajstić information content (AvgIpc) is 3.18. The van der Waals surface area contributed by atoms with E-state index in [0.29, 0.717) is 5.75 Å². The number of amides is 1. The van der Waals surface area contributed by atoms with Gasteiger partial charge in [-0.05, 0) is 37.1 Å². The lowest BCUT2D eigenvalue weighted by Crippen LogP contribution is -2.45. The molecule has 1 spiro atoms. The monoisotopic (exact) mass is 314 g/mol. The van der Waals surface area contributed by atoms with E-state index in [1.807, 2.05) is 47.1 Å². The minimum atomic E-state index is -0.00982. The van der Waals surface area contributed by atoms with Crippen molar-refractivity contribution in [2.24, 2.45) is 0 Å². The molecule has 2 aliphatic rings. The fourth-order valence-corrected chi connectivity index (χ4v) is 4.94. The highest BCUT2D eigenvalue weighted by Crippen LogP contribution is 2.48. The molecule has 5 nitrogen and oxygen atoms in total. The molecule has 1 saturated heterocycles. The number of carbonyl (C=O) groups is 1. The van der Waals surface area contributed by atoms with E-state index in [2.05, 4.69) is 10.3 Å². The molecule has 1 aromatic carbocycles. The van der Waals surface area contributed by atoms with Gasteiger partial charge in [-0.25, -0.2) is 4.68 Å². The van der Waals surface area contributed by atoms with E-state index >= 15 is 0 Å². The number of anilines is 1. The van der Waals surface area contributed by atoms with Crippen LogP contribution in [0.15, 0.2) is 36.7 Å². The molecule has 2 fully saturated rings. The Morgan fingerprint density at radius 3 is 2.45 bits per heavy atom. The summed E-state index contributed by atoms with van der Waals surface area (Å²) in [6.45, 7) is 0. The zero-order valence-electron chi connectivity index (χ0n) is 12.3. The van der Waals surface area contributed by atoms with E-state index in [-0.39, 0.29) is 10.8 Å². The van der Waals surface area contributed by atoms with E-state index < -0.39 is 0 Å². The molecule has 1 aliphatic heterocycles. The second kappa shape index (κ2) is 5.43. The van der Waals surface area contributed by atoms with Gasteiger partial charge in [0.15, 0.2) is 0 Å². The van der Waals surface area contributed by atoms with Gasteiger partial charge in [0.05, 0.1) is 28.7 Å². The molecule has 0 unspecified atom stereocenters. The Bertz CT molecular complexity index is 662. The first kappa shape index (κ1) is 13.8. The highest BCUT2D eigenvalue weighted by molar-refractivity contribution is 8.02. The summed E-state index contributed by atoms with van der Waals surface area (Å²) in [5.41, 5.74) is 1.96. The van der Waals surface area contributed by atoms with Crippen molar-refractivity contribution in [2.45, 2.75) is 37.0 Å².